The molecule has 0 aliphatic rings. The van der Waals surface area contributed by atoms with Crippen LogP contribution in [-0.2, 0) is 6.54 Å². The van der Waals surface area contributed by atoms with Crippen LogP contribution in [0.2, 0.25) is 0 Å². The summed E-state index contributed by atoms with van der Waals surface area (Å²) < 4.78 is 2.07. The van der Waals surface area contributed by atoms with Gasteiger partial charge >= 0.3 is 0 Å². The van der Waals surface area contributed by atoms with Crippen LogP contribution in [0.4, 0.5) is 0 Å². The molecule has 0 saturated carbocycles. The first-order valence-corrected chi connectivity index (χ1v) is 5.89. The van der Waals surface area contributed by atoms with Crippen LogP contribution in [0.15, 0.2) is 12.3 Å². The molecule has 0 aliphatic heterocycles. The minimum Gasteiger partial charge on any atom is -0.316 e. The van der Waals surface area contributed by atoms with E-state index < -0.39 is 0 Å². The van der Waals surface area contributed by atoms with E-state index in [1.54, 1.807) is 0 Å². The first kappa shape index (κ1) is 12.2. The molecule has 1 N–H and O–H groups in total. The normalized spacial score (nSPS) is 11.2. The Morgan fingerprint density at radius 2 is 2.20 bits per heavy atom. The molecule has 0 aromatic carbocycles. The van der Waals surface area contributed by atoms with Gasteiger partial charge in [0.05, 0.1) is 0 Å². The van der Waals surface area contributed by atoms with Gasteiger partial charge in [0.15, 0.2) is 0 Å². The standard InChI is InChI=1S/C12H23N3/c1-11(2)10-13-7-4-5-9-15-12(3)6-8-14-15/h6,8,11,13H,4-5,7,9-10H2,1-3H3. The summed E-state index contributed by atoms with van der Waals surface area (Å²) in [6.45, 7) is 9.87. The van der Waals surface area contributed by atoms with Crippen molar-refractivity contribution in [1.29, 1.82) is 0 Å². The van der Waals surface area contributed by atoms with Crippen molar-refractivity contribution in [3.05, 3.63) is 18.0 Å². The number of nitrogens with zero attached hydrogens (tertiary/aromatic N) is 2. The van der Waals surface area contributed by atoms with Crippen LogP contribution in [0.3, 0.4) is 0 Å². The molecule has 1 rings (SSSR count). The van der Waals surface area contributed by atoms with Gasteiger partial charge in [-0.2, -0.15) is 5.10 Å². The van der Waals surface area contributed by atoms with Crippen molar-refractivity contribution < 1.29 is 0 Å². The summed E-state index contributed by atoms with van der Waals surface area (Å²) in [6.07, 6.45) is 4.30. The van der Waals surface area contributed by atoms with Gasteiger partial charge in [-0.3, -0.25) is 4.68 Å². The number of unbranched alkanes of at least 4 members (excludes halogenated alkanes) is 1. The first-order valence-electron chi connectivity index (χ1n) is 5.89. The highest BCUT2D eigenvalue weighted by Crippen LogP contribution is 1.99. The van der Waals surface area contributed by atoms with Crippen LogP contribution in [-0.4, -0.2) is 22.9 Å². The molecular formula is C12H23N3. The van der Waals surface area contributed by atoms with Gasteiger partial charge in [0.1, 0.15) is 0 Å². The molecule has 0 unspecified atom stereocenters. The quantitative estimate of drug-likeness (QED) is 0.698. The highest BCUT2D eigenvalue weighted by molar-refractivity contribution is 4.96. The molecule has 1 aromatic rings. The number of nitrogens with one attached hydrogen (secondary N) is 1. The molecule has 0 aliphatic carbocycles. The Balaban J connectivity index is 2.00. The van der Waals surface area contributed by atoms with Crippen LogP contribution in [0.1, 0.15) is 32.4 Å². The summed E-state index contributed by atoms with van der Waals surface area (Å²) in [5.74, 6) is 0.748. The summed E-state index contributed by atoms with van der Waals surface area (Å²) in [5.41, 5.74) is 1.25. The highest BCUT2D eigenvalue weighted by atomic mass is 15.3. The number of hydrogen-bond acceptors (Lipinski definition) is 2. The molecule has 0 radical (unpaired) electrons. The lowest BCUT2D eigenvalue weighted by molar-refractivity contribution is 0.502. The smallest absolute Gasteiger partial charge is 0.0492 e. The van der Waals surface area contributed by atoms with Crippen LogP contribution in [0, 0.1) is 12.8 Å². The van der Waals surface area contributed by atoms with Crippen LogP contribution in [0.5, 0.6) is 0 Å². The average Bonchev–Trinajstić information content (AvgIpc) is 2.57. The largest absolute Gasteiger partial charge is 0.316 e. The third-order valence-corrected chi connectivity index (χ3v) is 2.45. The van der Waals surface area contributed by atoms with Gasteiger partial charge in [-0.05, 0) is 44.8 Å². The van der Waals surface area contributed by atoms with Crippen molar-refractivity contribution >= 4 is 0 Å². The molecule has 0 fully saturated rings. The molecule has 0 atom stereocenters. The zero-order valence-electron chi connectivity index (χ0n) is 10.2. The molecule has 0 spiro atoms. The van der Waals surface area contributed by atoms with Gasteiger partial charge in [-0.25, -0.2) is 0 Å². The van der Waals surface area contributed by atoms with Crippen LogP contribution < -0.4 is 5.32 Å². The molecule has 1 aromatic heterocycles. The number of aromatic nitrogens is 2. The summed E-state index contributed by atoms with van der Waals surface area (Å²) in [4.78, 5) is 0. The SMILES string of the molecule is Cc1ccnn1CCCCNCC(C)C. The van der Waals surface area contributed by atoms with E-state index in [4.69, 9.17) is 0 Å². The highest BCUT2D eigenvalue weighted by Gasteiger charge is 1.96. The summed E-state index contributed by atoms with van der Waals surface area (Å²) in [7, 11) is 0. The molecule has 0 bridgehead atoms. The minimum atomic E-state index is 0.748. The van der Waals surface area contributed by atoms with Crippen molar-refractivity contribution in [1.82, 2.24) is 15.1 Å². The number of aryl methyl sites for hydroxylation is 2. The van der Waals surface area contributed by atoms with Crippen molar-refractivity contribution in [2.24, 2.45) is 5.92 Å². The van der Waals surface area contributed by atoms with E-state index in [9.17, 15) is 0 Å². The lowest BCUT2D eigenvalue weighted by atomic mass is 10.2. The maximum Gasteiger partial charge on any atom is 0.0492 e. The van der Waals surface area contributed by atoms with Gasteiger partial charge in [0, 0.05) is 18.4 Å². The second kappa shape index (κ2) is 6.62. The zero-order chi connectivity index (χ0) is 11.1. The van der Waals surface area contributed by atoms with Gasteiger partial charge in [0.2, 0.25) is 0 Å². The molecule has 3 nitrogen and oxygen atoms in total. The lowest BCUT2D eigenvalue weighted by Gasteiger charge is -2.07. The predicted molar refractivity (Wildman–Crippen MR) is 63.9 cm³/mol. The van der Waals surface area contributed by atoms with E-state index >= 15 is 0 Å². The minimum absolute atomic E-state index is 0.748. The summed E-state index contributed by atoms with van der Waals surface area (Å²) in [6, 6.07) is 2.05. The Morgan fingerprint density at radius 1 is 1.40 bits per heavy atom. The van der Waals surface area contributed by atoms with E-state index in [-0.39, 0.29) is 0 Å². The van der Waals surface area contributed by atoms with Gasteiger partial charge in [-0.1, -0.05) is 13.8 Å². The average molecular weight is 209 g/mol. The molecule has 1 heterocycles. The third-order valence-electron chi connectivity index (χ3n) is 2.45. The lowest BCUT2D eigenvalue weighted by Crippen LogP contribution is -2.21. The Labute approximate surface area is 92.9 Å². The van der Waals surface area contributed by atoms with E-state index in [1.165, 1.54) is 18.5 Å². The fourth-order valence-corrected chi connectivity index (χ4v) is 1.54. The molecule has 0 saturated heterocycles. The van der Waals surface area contributed by atoms with Crippen LogP contribution in [0.25, 0.3) is 0 Å². The van der Waals surface area contributed by atoms with E-state index in [2.05, 4.69) is 41.9 Å². The van der Waals surface area contributed by atoms with Crippen molar-refractivity contribution in [3.8, 4) is 0 Å². The molecular weight excluding hydrogens is 186 g/mol. The Morgan fingerprint density at radius 3 is 2.80 bits per heavy atom. The zero-order valence-corrected chi connectivity index (χ0v) is 10.2. The van der Waals surface area contributed by atoms with E-state index in [0.29, 0.717) is 0 Å². The molecule has 15 heavy (non-hydrogen) atoms. The monoisotopic (exact) mass is 209 g/mol. The van der Waals surface area contributed by atoms with E-state index in [0.717, 1.165) is 25.6 Å². The first-order chi connectivity index (χ1) is 7.20. The Bertz CT molecular complexity index is 266. The number of hydrogen-bond donors (Lipinski definition) is 1. The fraction of sp³-hybridized carbons (Fsp3) is 0.750. The third kappa shape index (κ3) is 4.98. The van der Waals surface area contributed by atoms with Crippen molar-refractivity contribution in [2.75, 3.05) is 13.1 Å². The van der Waals surface area contributed by atoms with Crippen LogP contribution >= 0.6 is 0 Å². The Kier molecular flexibility index (Phi) is 5.40. The van der Waals surface area contributed by atoms with Gasteiger partial charge in [-0.15, -0.1) is 0 Å². The maximum absolute atomic E-state index is 4.26. The van der Waals surface area contributed by atoms with E-state index in [1.807, 2.05) is 6.20 Å². The topological polar surface area (TPSA) is 29.9 Å². The summed E-state index contributed by atoms with van der Waals surface area (Å²) in [5, 5.41) is 7.71. The Hall–Kier alpha value is -0.830. The fourth-order valence-electron chi connectivity index (χ4n) is 1.54. The van der Waals surface area contributed by atoms with Crippen molar-refractivity contribution in [3.63, 3.8) is 0 Å². The second-order valence-electron chi connectivity index (χ2n) is 4.50. The molecule has 3 heteroatoms. The second-order valence-corrected chi connectivity index (χ2v) is 4.50. The molecule has 0 amide bonds. The van der Waals surface area contributed by atoms with Gasteiger partial charge in [0.25, 0.3) is 0 Å². The molecule has 86 valence electrons. The van der Waals surface area contributed by atoms with Crippen molar-refractivity contribution in [2.45, 2.75) is 40.2 Å². The number of rotatable bonds is 7. The summed E-state index contributed by atoms with van der Waals surface area (Å²) >= 11 is 0. The maximum atomic E-state index is 4.26. The predicted octanol–water partition coefficient (Wildman–Crippen LogP) is 2.22. The van der Waals surface area contributed by atoms with Gasteiger partial charge < -0.3 is 5.32 Å².